The number of hydrogen-bond acceptors (Lipinski definition) is 7. The zero-order valence-electron chi connectivity index (χ0n) is 25.6. The summed E-state index contributed by atoms with van der Waals surface area (Å²) in [5, 5.41) is 12.8. The van der Waals surface area contributed by atoms with Crippen molar-refractivity contribution in [1.29, 1.82) is 0 Å². The Kier molecular flexibility index (Phi) is 12.1. The van der Waals surface area contributed by atoms with Gasteiger partial charge in [-0.1, -0.05) is 49.6 Å². The second kappa shape index (κ2) is 15.5. The van der Waals surface area contributed by atoms with Crippen LogP contribution in [-0.4, -0.2) is 85.7 Å². The van der Waals surface area contributed by atoms with E-state index >= 15 is 0 Å². The summed E-state index contributed by atoms with van der Waals surface area (Å²) in [7, 11) is -1.62. The van der Waals surface area contributed by atoms with E-state index in [1.807, 2.05) is 43.3 Å². The normalized spacial score (nSPS) is 20.6. The molecule has 8 nitrogen and oxygen atoms in total. The first-order chi connectivity index (χ1) is 20.5. The Bertz CT molecular complexity index is 1360. The third-order valence-electron chi connectivity index (χ3n) is 8.67. The zero-order chi connectivity index (χ0) is 31.0. The van der Waals surface area contributed by atoms with Gasteiger partial charge in [0, 0.05) is 43.3 Å². The number of thioether (sulfide) groups is 1. The van der Waals surface area contributed by atoms with Crippen molar-refractivity contribution in [3.63, 3.8) is 0 Å². The molecule has 0 aromatic heterocycles. The molecule has 0 radical (unpaired) electrons. The molecule has 2 fully saturated rings. The number of aliphatic carboxylic acids is 1. The molecule has 0 unspecified atom stereocenters. The van der Waals surface area contributed by atoms with Crippen LogP contribution >= 0.6 is 11.8 Å². The van der Waals surface area contributed by atoms with Gasteiger partial charge in [0.15, 0.2) is 0 Å². The van der Waals surface area contributed by atoms with Gasteiger partial charge in [-0.3, -0.25) is 9.69 Å². The van der Waals surface area contributed by atoms with Gasteiger partial charge >= 0.3 is 5.97 Å². The highest BCUT2D eigenvalue weighted by molar-refractivity contribution is 7.99. The Morgan fingerprint density at radius 3 is 2.53 bits per heavy atom. The van der Waals surface area contributed by atoms with Crippen LogP contribution in [0, 0.1) is 12.8 Å². The number of sulfone groups is 1. The number of methoxy groups -OCH3 is 1. The number of nitrogens with zero attached hydrogens (tertiary/aromatic N) is 1. The lowest BCUT2D eigenvalue weighted by atomic mass is 9.91. The van der Waals surface area contributed by atoms with Gasteiger partial charge in [-0.25, -0.2) is 13.2 Å². The molecule has 0 spiro atoms. The molecule has 4 rings (SSSR count). The van der Waals surface area contributed by atoms with Crippen molar-refractivity contribution in [3.8, 4) is 11.1 Å². The third-order valence-corrected chi connectivity index (χ3v) is 11.1. The lowest BCUT2D eigenvalue weighted by molar-refractivity contribution is -0.139. The van der Waals surface area contributed by atoms with E-state index in [2.05, 4.69) is 22.0 Å². The molecule has 1 saturated carbocycles. The molecule has 0 bridgehead atoms. The van der Waals surface area contributed by atoms with Gasteiger partial charge in [-0.2, -0.15) is 11.8 Å². The van der Waals surface area contributed by atoms with E-state index in [1.165, 1.54) is 37.9 Å². The van der Waals surface area contributed by atoms with Crippen LogP contribution in [0.25, 0.3) is 11.1 Å². The highest BCUT2D eigenvalue weighted by atomic mass is 32.2. The summed E-state index contributed by atoms with van der Waals surface area (Å²) in [6.45, 7) is 4.38. The molecule has 2 aromatic rings. The minimum absolute atomic E-state index is 0.201. The van der Waals surface area contributed by atoms with Crippen molar-refractivity contribution in [2.24, 2.45) is 5.92 Å². The Labute approximate surface area is 260 Å². The Hall–Kier alpha value is -2.40. The fraction of sp³-hybridized carbons (Fsp3) is 0.576. The van der Waals surface area contributed by atoms with Gasteiger partial charge in [0.1, 0.15) is 15.9 Å². The summed E-state index contributed by atoms with van der Waals surface area (Å²) in [5.74, 6) is -0.0487. The minimum atomic E-state index is -3.38. The Morgan fingerprint density at radius 2 is 1.86 bits per heavy atom. The van der Waals surface area contributed by atoms with Crippen LogP contribution in [0.1, 0.15) is 66.4 Å². The molecular formula is C33H46N2O6S2. The molecule has 2 N–H and O–H groups in total. The maximum Gasteiger partial charge on any atom is 0.326 e. The van der Waals surface area contributed by atoms with Crippen LogP contribution < -0.4 is 5.32 Å². The number of carboxylic acid groups (broad SMARTS) is 1. The monoisotopic (exact) mass is 630 g/mol. The number of carboxylic acids is 1. The standard InChI is InChI=1S/C33H46N2O6S2/c1-23-9-7-8-12-28(23)30-17-25(13-14-29(30)32(36)34-31(33(37)38)15-16-43(3,39)40)19-35-20-27(18-26(35)21-41-2)42-22-24-10-5-4-6-11-24/h7-9,12-14,17,24,26-27,31H,4-6,10-11,15-16,18-22H2,1-3H3,(H,34,36)(H,37,38)/t26-,27-,31-/m0/s1. The summed E-state index contributed by atoms with van der Waals surface area (Å²) in [5.41, 5.74) is 4.05. The van der Waals surface area contributed by atoms with Gasteiger partial charge in [0.25, 0.3) is 5.91 Å². The van der Waals surface area contributed by atoms with Crippen LogP contribution in [0.2, 0.25) is 0 Å². The fourth-order valence-corrected chi connectivity index (χ4v) is 8.49. The quantitative estimate of drug-likeness (QED) is 0.294. The van der Waals surface area contributed by atoms with Crippen molar-refractivity contribution < 1.29 is 27.9 Å². The van der Waals surface area contributed by atoms with Gasteiger partial charge in [0.2, 0.25) is 0 Å². The smallest absolute Gasteiger partial charge is 0.326 e. The largest absolute Gasteiger partial charge is 0.480 e. The fourth-order valence-electron chi connectivity index (χ4n) is 6.29. The number of carbonyl (C=O) groups excluding carboxylic acids is 1. The molecule has 10 heteroatoms. The van der Waals surface area contributed by atoms with E-state index in [-0.39, 0.29) is 12.2 Å². The second-order valence-corrected chi connectivity index (χ2v) is 15.8. The van der Waals surface area contributed by atoms with Crippen molar-refractivity contribution >= 4 is 33.5 Å². The molecule has 2 aliphatic rings. The number of rotatable bonds is 14. The van der Waals surface area contributed by atoms with E-state index < -0.39 is 27.8 Å². The molecule has 43 heavy (non-hydrogen) atoms. The SMILES string of the molecule is COC[C@@H]1C[C@H](SCC2CCCCC2)CN1Cc1ccc(C(=O)N[C@@H](CCS(C)(=O)=O)C(=O)O)c(-c2ccccc2C)c1. The predicted molar refractivity (Wildman–Crippen MR) is 173 cm³/mol. The summed E-state index contributed by atoms with van der Waals surface area (Å²) >= 11 is 2.12. The highest BCUT2D eigenvalue weighted by Crippen LogP contribution is 2.35. The van der Waals surface area contributed by atoms with Crippen LogP contribution in [0.15, 0.2) is 42.5 Å². The van der Waals surface area contributed by atoms with Gasteiger partial charge in [-0.15, -0.1) is 0 Å². The van der Waals surface area contributed by atoms with E-state index in [0.717, 1.165) is 53.9 Å². The lowest BCUT2D eigenvalue weighted by Crippen LogP contribution is -2.42. The Morgan fingerprint density at radius 1 is 1.12 bits per heavy atom. The van der Waals surface area contributed by atoms with Crippen LogP contribution in [0.3, 0.4) is 0 Å². The van der Waals surface area contributed by atoms with E-state index in [9.17, 15) is 23.1 Å². The predicted octanol–water partition coefficient (Wildman–Crippen LogP) is 5.18. The first kappa shape index (κ1) is 33.5. The first-order valence-electron chi connectivity index (χ1n) is 15.3. The molecule has 1 heterocycles. The van der Waals surface area contributed by atoms with E-state index in [0.29, 0.717) is 23.5 Å². The molecule has 1 amide bonds. The van der Waals surface area contributed by atoms with Gasteiger partial charge in [-0.05, 0) is 78.7 Å². The summed E-state index contributed by atoms with van der Waals surface area (Å²) in [4.78, 5) is 27.8. The second-order valence-electron chi connectivity index (χ2n) is 12.2. The number of amides is 1. The van der Waals surface area contributed by atoms with E-state index in [1.54, 1.807) is 13.2 Å². The molecule has 1 saturated heterocycles. The van der Waals surface area contributed by atoms with Gasteiger partial charge < -0.3 is 15.2 Å². The number of nitrogens with one attached hydrogen (secondary N) is 1. The van der Waals surface area contributed by atoms with Crippen LogP contribution in [0.5, 0.6) is 0 Å². The molecule has 2 aromatic carbocycles. The minimum Gasteiger partial charge on any atom is -0.480 e. The maximum absolute atomic E-state index is 13.5. The van der Waals surface area contributed by atoms with Crippen molar-refractivity contribution in [2.75, 3.05) is 38.0 Å². The molecule has 3 atom stereocenters. The lowest BCUT2D eigenvalue weighted by Gasteiger charge is -2.25. The summed E-state index contributed by atoms with van der Waals surface area (Å²) < 4.78 is 28.9. The molecule has 1 aliphatic carbocycles. The number of likely N-dealkylation sites (tertiary alicyclic amines) is 1. The van der Waals surface area contributed by atoms with Crippen molar-refractivity contribution in [1.82, 2.24) is 10.2 Å². The summed E-state index contributed by atoms with van der Waals surface area (Å²) in [6, 6.07) is 12.6. The Balaban J connectivity index is 1.54. The molecule has 236 valence electrons. The zero-order valence-corrected chi connectivity index (χ0v) is 27.2. The third kappa shape index (κ3) is 9.80. The number of aryl methyl sites for hydroxylation is 1. The molecule has 1 aliphatic heterocycles. The average molecular weight is 631 g/mol. The van der Waals surface area contributed by atoms with Crippen molar-refractivity contribution in [2.45, 2.75) is 75.7 Å². The number of carbonyl (C=O) groups is 2. The number of hydrogen-bond donors (Lipinski definition) is 2. The first-order valence-corrected chi connectivity index (χ1v) is 18.4. The van der Waals surface area contributed by atoms with Gasteiger partial charge in [0.05, 0.1) is 12.4 Å². The van der Waals surface area contributed by atoms with E-state index in [4.69, 9.17) is 4.74 Å². The number of benzene rings is 2. The topological polar surface area (TPSA) is 113 Å². The summed E-state index contributed by atoms with van der Waals surface area (Å²) in [6.07, 6.45) is 8.77. The average Bonchev–Trinajstić information content (AvgIpc) is 3.35. The van der Waals surface area contributed by atoms with Crippen LogP contribution in [-0.2, 0) is 25.9 Å². The number of ether oxygens (including phenoxy) is 1. The maximum atomic E-state index is 13.5. The highest BCUT2D eigenvalue weighted by Gasteiger charge is 2.33. The molecular weight excluding hydrogens is 585 g/mol. The van der Waals surface area contributed by atoms with Crippen LogP contribution in [0.4, 0.5) is 0 Å². The van der Waals surface area contributed by atoms with Crippen molar-refractivity contribution in [3.05, 3.63) is 59.2 Å².